The van der Waals surface area contributed by atoms with Crippen LogP contribution in [0.2, 0.25) is 0 Å². The number of hydrogen-bond acceptors (Lipinski definition) is 5. The second-order valence-corrected chi connectivity index (χ2v) is 7.31. The minimum Gasteiger partial charge on any atom is -0.478 e. The van der Waals surface area contributed by atoms with Crippen LogP contribution in [0.15, 0.2) is 70.5 Å². The molecule has 1 aliphatic rings. The van der Waals surface area contributed by atoms with Gasteiger partial charge in [0.1, 0.15) is 0 Å². The highest BCUT2D eigenvalue weighted by molar-refractivity contribution is 7.99. The molecule has 0 amide bonds. The Balaban J connectivity index is 0.000000321. The van der Waals surface area contributed by atoms with Crippen LogP contribution in [0, 0.1) is 11.8 Å². The van der Waals surface area contributed by atoms with Crippen molar-refractivity contribution in [3.05, 3.63) is 60.7 Å². The quantitative estimate of drug-likeness (QED) is 0.589. The smallest absolute Gasteiger partial charge is 0.328 e. The number of carbonyl (C=O) groups is 2. The van der Waals surface area contributed by atoms with Gasteiger partial charge >= 0.3 is 11.9 Å². The Hall–Kier alpha value is -3.21. The Kier molecular flexibility index (Phi) is 8.34. The number of para-hydroxylation sites is 2. The first-order chi connectivity index (χ1) is 13.9. The fourth-order valence-corrected chi connectivity index (χ4v) is 3.54. The third-order valence-corrected chi connectivity index (χ3v) is 4.79. The standard InChI is InChI=1S/C18H18N2S.C4H4O4/c1-19(2)13-7-8-14-20-15-9-3-5-11-17(15)21-18-12-6-4-10-16(18)20;5-3(6)1-2-4(7)8/h3-6,9-12H,13-14H2,1-2H3;1-2H,(H,5,6)(H,7,8)/b;2-1+. The van der Waals surface area contributed by atoms with Crippen LogP contribution in [-0.4, -0.2) is 54.2 Å². The summed E-state index contributed by atoms with van der Waals surface area (Å²) >= 11 is 1.83. The van der Waals surface area contributed by atoms with E-state index in [-0.39, 0.29) is 0 Å². The minimum absolute atomic E-state index is 0.558. The fourth-order valence-electron chi connectivity index (χ4n) is 2.44. The molecule has 7 heteroatoms. The van der Waals surface area contributed by atoms with E-state index in [2.05, 4.69) is 70.2 Å². The van der Waals surface area contributed by atoms with E-state index in [0.717, 1.165) is 13.1 Å². The predicted molar refractivity (Wildman–Crippen MR) is 115 cm³/mol. The Morgan fingerprint density at radius 1 is 0.931 bits per heavy atom. The average Bonchev–Trinajstić information content (AvgIpc) is 2.69. The second-order valence-electron chi connectivity index (χ2n) is 6.22. The maximum Gasteiger partial charge on any atom is 0.328 e. The van der Waals surface area contributed by atoms with Gasteiger partial charge in [-0.05, 0) is 38.4 Å². The minimum atomic E-state index is -1.26. The van der Waals surface area contributed by atoms with Gasteiger partial charge in [-0.2, -0.15) is 0 Å². The average molecular weight is 410 g/mol. The number of nitrogens with zero attached hydrogens (tertiary/aromatic N) is 2. The van der Waals surface area contributed by atoms with Gasteiger partial charge in [-0.25, -0.2) is 9.59 Å². The van der Waals surface area contributed by atoms with Crippen LogP contribution < -0.4 is 4.90 Å². The van der Waals surface area contributed by atoms with Crippen molar-refractivity contribution in [2.24, 2.45) is 0 Å². The van der Waals surface area contributed by atoms with Crippen molar-refractivity contribution in [1.82, 2.24) is 4.90 Å². The SMILES string of the molecule is CN(C)CC#CCN1c2ccccc2Sc2ccccc21.O=C(O)/C=C/C(=O)O. The summed E-state index contributed by atoms with van der Waals surface area (Å²) in [6, 6.07) is 17.1. The van der Waals surface area contributed by atoms with Crippen molar-refractivity contribution in [3.63, 3.8) is 0 Å². The molecule has 0 radical (unpaired) electrons. The first-order valence-electron chi connectivity index (χ1n) is 8.76. The van der Waals surface area contributed by atoms with Crippen LogP contribution in [0.5, 0.6) is 0 Å². The van der Waals surface area contributed by atoms with E-state index >= 15 is 0 Å². The second kappa shape index (κ2) is 11.0. The molecule has 0 spiro atoms. The fraction of sp³-hybridized carbons (Fsp3) is 0.182. The molecule has 0 fully saturated rings. The third kappa shape index (κ3) is 7.03. The summed E-state index contributed by atoms with van der Waals surface area (Å²) in [5.41, 5.74) is 2.50. The van der Waals surface area contributed by atoms with E-state index in [4.69, 9.17) is 10.2 Å². The molecule has 0 aromatic heterocycles. The lowest BCUT2D eigenvalue weighted by Gasteiger charge is -2.31. The van der Waals surface area contributed by atoms with E-state index in [0.29, 0.717) is 12.2 Å². The van der Waals surface area contributed by atoms with Gasteiger partial charge in [-0.15, -0.1) is 0 Å². The molecular formula is C22H22N2O4S. The summed E-state index contributed by atoms with van der Waals surface area (Å²) in [4.78, 5) is 26.1. The maximum absolute atomic E-state index is 9.55. The number of hydrogen-bond donors (Lipinski definition) is 2. The molecule has 0 saturated heterocycles. The number of aliphatic carboxylic acids is 2. The van der Waals surface area contributed by atoms with E-state index in [1.165, 1.54) is 21.2 Å². The predicted octanol–water partition coefficient (Wildman–Crippen LogP) is 3.57. The summed E-state index contributed by atoms with van der Waals surface area (Å²) in [5, 5.41) is 15.6. The Morgan fingerprint density at radius 2 is 1.41 bits per heavy atom. The van der Waals surface area contributed by atoms with Gasteiger partial charge in [0.05, 0.1) is 24.5 Å². The first kappa shape index (κ1) is 22.1. The van der Waals surface area contributed by atoms with Crippen LogP contribution in [0.1, 0.15) is 0 Å². The molecular weight excluding hydrogens is 388 g/mol. The van der Waals surface area contributed by atoms with E-state index < -0.39 is 11.9 Å². The molecule has 6 nitrogen and oxygen atoms in total. The van der Waals surface area contributed by atoms with Gasteiger partial charge in [0.2, 0.25) is 0 Å². The first-order valence-corrected chi connectivity index (χ1v) is 9.58. The van der Waals surface area contributed by atoms with Crippen molar-refractivity contribution >= 4 is 35.1 Å². The third-order valence-electron chi connectivity index (χ3n) is 3.66. The normalized spacial score (nSPS) is 11.6. The molecule has 1 heterocycles. The zero-order valence-corrected chi connectivity index (χ0v) is 17.0. The molecule has 2 N–H and O–H groups in total. The highest BCUT2D eigenvalue weighted by atomic mass is 32.2. The van der Waals surface area contributed by atoms with Gasteiger partial charge < -0.3 is 15.1 Å². The molecule has 0 saturated carbocycles. The molecule has 0 unspecified atom stereocenters. The van der Waals surface area contributed by atoms with Gasteiger partial charge in [-0.3, -0.25) is 4.90 Å². The van der Waals surface area contributed by atoms with Crippen LogP contribution in [0.4, 0.5) is 11.4 Å². The molecule has 0 aliphatic carbocycles. The summed E-state index contributed by atoms with van der Waals surface area (Å²) in [5.74, 6) is 4.00. The summed E-state index contributed by atoms with van der Waals surface area (Å²) in [6.45, 7) is 1.52. The molecule has 0 atom stereocenters. The van der Waals surface area contributed by atoms with Gasteiger partial charge in [0.15, 0.2) is 0 Å². The van der Waals surface area contributed by atoms with Crippen LogP contribution in [0.3, 0.4) is 0 Å². The molecule has 150 valence electrons. The van der Waals surface area contributed by atoms with E-state index in [9.17, 15) is 9.59 Å². The lowest BCUT2D eigenvalue weighted by Crippen LogP contribution is -2.21. The Morgan fingerprint density at radius 3 is 1.86 bits per heavy atom. The molecule has 2 aromatic rings. The number of carboxylic acids is 2. The maximum atomic E-state index is 9.55. The van der Waals surface area contributed by atoms with Crippen molar-refractivity contribution in [2.45, 2.75) is 9.79 Å². The number of rotatable bonds is 4. The van der Waals surface area contributed by atoms with Crippen molar-refractivity contribution in [3.8, 4) is 11.8 Å². The number of benzene rings is 2. The topological polar surface area (TPSA) is 81.1 Å². The Labute approximate surface area is 174 Å². The van der Waals surface area contributed by atoms with E-state index in [1.807, 2.05) is 25.9 Å². The van der Waals surface area contributed by atoms with Gasteiger partial charge in [0.25, 0.3) is 0 Å². The highest BCUT2D eigenvalue weighted by Gasteiger charge is 2.21. The van der Waals surface area contributed by atoms with Crippen molar-refractivity contribution in [1.29, 1.82) is 0 Å². The zero-order chi connectivity index (χ0) is 21.2. The van der Waals surface area contributed by atoms with Crippen molar-refractivity contribution in [2.75, 3.05) is 32.1 Å². The summed E-state index contributed by atoms with van der Waals surface area (Å²) < 4.78 is 0. The monoisotopic (exact) mass is 410 g/mol. The summed E-state index contributed by atoms with van der Waals surface area (Å²) in [7, 11) is 4.08. The Bertz CT molecular complexity index is 899. The molecule has 0 bridgehead atoms. The number of anilines is 2. The van der Waals surface area contributed by atoms with E-state index in [1.54, 1.807) is 0 Å². The van der Waals surface area contributed by atoms with Gasteiger partial charge in [-0.1, -0.05) is 47.9 Å². The lowest BCUT2D eigenvalue weighted by molar-refractivity contribution is -0.134. The van der Waals surface area contributed by atoms with Gasteiger partial charge in [0, 0.05) is 21.9 Å². The zero-order valence-electron chi connectivity index (χ0n) is 16.2. The molecule has 3 rings (SSSR count). The number of carboxylic acid groups (broad SMARTS) is 2. The van der Waals surface area contributed by atoms with Crippen LogP contribution >= 0.6 is 11.8 Å². The summed E-state index contributed by atoms with van der Waals surface area (Å²) in [6.07, 6.45) is 1.12. The highest BCUT2D eigenvalue weighted by Crippen LogP contribution is 2.47. The lowest BCUT2D eigenvalue weighted by atomic mass is 10.2. The molecule has 29 heavy (non-hydrogen) atoms. The van der Waals surface area contributed by atoms with Crippen molar-refractivity contribution < 1.29 is 19.8 Å². The van der Waals surface area contributed by atoms with Crippen LogP contribution in [0.25, 0.3) is 0 Å². The largest absolute Gasteiger partial charge is 0.478 e. The molecule has 2 aromatic carbocycles. The van der Waals surface area contributed by atoms with Crippen LogP contribution in [-0.2, 0) is 9.59 Å². The number of fused-ring (bicyclic) bond motifs is 2. The molecule has 1 aliphatic heterocycles.